The first kappa shape index (κ1) is 16.5. The van der Waals surface area contributed by atoms with Gasteiger partial charge in [0.05, 0.1) is 5.69 Å². The molecule has 1 amide bonds. The van der Waals surface area contributed by atoms with Crippen molar-refractivity contribution in [3.63, 3.8) is 0 Å². The van der Waals surface area contributed by atoms with Gasteiger partial charge in [-0.25, -0.2) is 0 Å². The lowest BCUT2D eigenvalue weighted by atomic mass is 10.1. The first-order chi connectivity index (χ1) is 10.1. The molecule has 1 aliphatic heterocycles. The Labute approximate surface area is 135 Å². The summed E-state index contributed by atoms with van der Waals surface area (Å²) in [5.41, 5.74) is 4.53. The van der Waals surface area contributed by atoms with Gasteiger partial charge in [-0.1, -0.05) is 0 Å². The summed E-state index contributed by atoms with van der Waals surface area (Å²) in [5, 5.41) is 20.5. The largest absolute Gasteiger partial charge is 0.348 e. The average molecular weight is 325 g/mol. The number of amides is 1. The summed E-state index contributed by atoms with van der Waals surface area (Å²) in [7, 11) is 0. The third-order valence-corrected chi connectivity index (χ3v) is 3.67. The maximum absolute atomic E-state index is 12.3. The van der Waals surface area contributed by atoms with Gasteiger partial charge in [0.15, 0.2) is 5.69 Å². The number of carbonyl (C=O) groups is 1. The molecule has 8 heteroatoms. The number of rotatable bonds is 4. The minimum absolute atomic E-state index is 0. The van der Waals surface area contributed by atoms with E-state index in [1.807, 2.05) is 19.9 Å². The van der Waals surface area contributed by atoms with Crippen molar-refractivity contribution in [1.82, 2.24) is 31.0 Å². The molecule has 1 atom stereocenters. The van der Waals surface area contributed by atoms with Gasteiger partial charge in [0.2, 0.25) is 0 Å². The van der Waals surface area contributed by atoms with Gasteiger partial charge in [0, 0.05) is 48.9 Å². The molecule has 0 aliphatic carbocycles. The lowest BCUT2D eigenvalue weighted by Crippen LogP contribution is -2.35. The predicted octanol–water partition coefficient (Wildman–Crippen LogP) is 0.870. The molecule has 7 nitrogen and oxygen atoms in total. The van der Waals surface area contributed by atoms with Crippen molar-refractivity contribution in [3.8, 4) is 0 Å². The number of fused-ring (bicyclic) bond motifs is 1. The Bertz CT molecular complexity index is 650. The number of aromatic amines is 2. The zero-order valence-corrected chi connectivity index (χ0v) is 13.5. The van der Waals surface area contributed by atoms with Gasteiger partial charge in [0.1, 0.15) is 0 Å². The van der Waals surface area contributed by atoms with Crippen LogP contribution in [0.5, 0.6) is 0 Å². The topological polar surface area (TPSA) is 98.5 Å². The smallest absolute Gasteiger partial charge is 0.272 e. The van der Waals surface area contributed by atoms with Crippen LogP contribution in [0.2, 0.25) is 0 Å². The molecule has 0 spiro atoms. The molecule has 4 N–H and O–H groups in total. The highest BCUT2D eigenvalue weighted by Crippen LogP contribution is 2.15. The molecule has 2 aromatic heterocycles. The molecule has 0 radical (unpaired) electrons. The Kier molecular flexibility index (Phi) is 5.20. The monoisotopic (exact) mass is 324 g/mol. The number of nitrogens with zero attached hydrogens (tertiary/aromatic N) is 2. The fourth-order valence-corrected chi connectivity index (χ4v) is 2.65. The van der Waals surface area contributed by atoms with Crippen LogP contribution in [0.1, 0.15) is 40.1 Å². The van der Waals surface area contributed by atoms with E-state index in [4.69, 9.17) is 0 Å². The highest BCUT2D eigenvalue weighted by molar-refractivity contribution is 5.94. The lowest BCUT2D eigenvalue weighted by molar-refractivity contribution is 0.0933. The van der Waals surface area contributed by atoms with E-state index in [0.717, 1.165) is 35.6 Å². The molecule has 0 aromatic carbocycles. The van der Waals surface area contributed by atoms with E-state index in [0.29, 0.717) is 18.7 Å². The van der Waals surface area contributed by atoms with E-state index in [1.165, 1.54) is 0 Å². The Morgan fingerprint density at radius 3 is 2.95 bits per heavy atom. The van der Waals surface area contributed by atoms with Gasteiger partial charge in [-0.2, -0.15) is 10.2 Å². The van der Waals surface area contributed by atoms with Gasteiger partial charge in [-0.3, -0.25) is 15.0 Å². The van der Waals surface area contributed by atoms with E-state index in [1.54, 1.807) is 0 Å². The summed E-state index contributed by atoms with van der Waals surface area (Å²) in [5.74, 6) is -0.129. The summed E-state index contributed by atoms with van der Waals surface area (Å²) in [6.45, 7) is 5.55. The lowest BCUT2D eigenvalue weighted by Gasteiger charge is -2.15. The molecule has 0 saturated heterocycles. The van der Waals surface area contributed by atoms with Crippen molar-refractivity contribution in [2.24, 2.45) is 0 Å². The molecule has 0 bridgehead atoms. The van der Waals surface area contributed by atoms with Crippen LogP contribution in [-0.4, -0.2) is 38.9 Å². The first-order valence-electron chi connectivity index (χ1n) is 7.22. The van der Waals surface area contributed by atoms with Crippen molar-refractivity contribution < 1.29 is 4.79 Å². The molecule has 1 aliphatic rings. The second-order valence-corrected chi connectivity index (χ2v) is 5.58. The molecule has 0 saturated carbocycles. The van der Waals surface area contributed by atoms with Crippen LogP contribution >= 0.6 is 12.4 Å². The number of hydrogen-bond acceptors (Lipinski definition) is 4. The van der Waals surface area contributed by atoms with Gasteiger partial charge >= 0.3 is 0 Å². The minimum atomic E-state index is -0.129. The maximum Gasteiger partial charge on any atom is 0.272 e. The SMILES string of the molecule is Cc1cc(CC(C)NC(=O)c2n[nH]c3c2CNCC3)n[nH]1.Cl. The van der Waals surface area contributed by atoms with Crippen LogP contribution in [-0.2, 0) is 19.4 Å². The van der Waals surface area contributed by atoms with Gasteiger partial charge in [-0.15, -0.1) is 12.4 Å². The van der Waals surface area contributed by atoms with Crippen molar-refractivity contribution in [1.29, 1.82) is 0 Å². The Balaban J connectivity index is 0.00000176. The zero-order valence-electron chi connectivity index (χ0n) is 12.7. The summed E-state index contributed by atoms with van der Waals surface area (Å²) in [6.07, 6.45) is 1.58. The summed E-state index contributed by atoms with van der Waals surface area (Å²) >= 11 is 0. The van der Waals surface area contributed by atoms with E-state index in [2.05, 4.69) is 31.0 Å². The fourth-order valence-electron chi connectivity index (χ4n) is 2.65. The highest BCUT2D eigenvalue weighted by Gasteiger charge is 2.22. The summed E-state index contributed by atoms with van der Waals surface area (Å²) in [4.78, 5) is 12.3. The van der Waals surface area contributed by atoms with Crippen molar-refractivity contribution >= 4 is 18.3 Å². The van der Waals surface area contributed by atoms with Gasteiger partial charge < -0.3 is 10.6 Å². The van der Waals surface area contributed by atoms with Gasteiger partial charge in [-0.05, 0) is 19.9 Å². The van der Waals surface area contributed by atoms with Crippen LogP contribution in [0.4, 0.5) is 0 Å². The summed E-state index contributed by atoms with van der Waals surface area (Å²) in [6, 6.07) is 1.99. The summed E-state index contributed by atoms with van der Waals surface area (Å²) < 4.78 is 0. The number of H-pyrrole nitrogens is 2. The van der Waals surface area contributed by atoms with Crippen molar-refractivity contribution in [2.75, 3.05) is 6.54 Å². The maximum atomic E-state index is 12.3. The standard InChI is InChI=1S/C14H20N6O.ClH/c1-8(5-10-6-9(2)17-18-10)16-14(21)13-11-7-15-4-3-12(11)19-20-13;/h6,8,15H,3-5,7H2,1-2H3,(H,16,21)(H,17,18)(H,19,20);1H. The van der Waals surface area contributed by atoms with Crippen LogP contribution in [0.3, 0.4) is 0 Å². The molecule has 1 unspecified atom stereocenters. The Morgan fingerprint density at radius 2 is 2.23 bits per heavy atom. The highest BCUT2D eigenvalue weighted by atomic mass is 35.5. The van der Waals surface area contributed by atoms with Crippen LogP contribution in [0, 0.1) is 6.92 Å². The van der Waals surface area contributed by atoms with E-state index >= 15 is 0 Å². The zero-order chi connectivity index (χ0) is 14.8. The normalized spacial score (nSPS) is 14.8. The van der Waals surface area contributed by atoms with Crippen molar-refractivity contribution in [3.05, 3.63) is 34.4 Å². The van der Waals surface area contributed by atoms with Crippen LogP contribution in [0.25, 0.3) is 0 Å². The molecule has 3 heterocycles. The fraction of sp³-hybridized carbons (Fsp3) is 0.500. The molecule has 120 valence electrons. The number of aryl methyl sites for hydroxylation is 1. The number of nitrogens with one attached hydrogen (secondary N) is 4. The number of aromatic nitrogens is 4. The second kappa shape index (κ2) is 6.93. The van der Waals surface area contributed by atoms with Crippen molar-refractivity contribution in [2.45, 2.75) is 39.3 Å². The third kappa shape index (κ3) is 3.48. The first-order valence-corrected chi connectivity index (χ1v) is 7.22. The van der Waals surface area contributed by atoms with Crippen LogP contribution in [0.15, 0.2) is 6.07 Å². The molecule has 22 heavy (non-hydrogen) atoms. The number of hydrogen-bond donors (Lipinski definition) is 4. The Hall–Kier alpha value is -1.86. The quantitative estimate of drug-likeness (QED) is 0.670. The molecule has 3 rings (SSSR count). The molecule has 0 fully saturated rings. The average Bonchev–Trinajstić information content (AvgIpc) is 3.04. The van der Waals surface area contributed by atoms with Crippen LogP contribution < -0.4 is 10.6 Å². The number of carbonyl (C=O) groups excluding carboxylic acids is 1. The van der Waals surface area contributed by atoms with Gasteiger partial charge in [0.25, 0.3) is 5.91 Å². The molecule has 2 aromatic rings. The third-order valence-electron chi connectivity index (χ3n) is 3.67. The minimum Gasteiger partial charge on any atom is -0.348 e. The predicted molar refractivity (Wildman–Crippen MR) is 85.2 cm³/mol. The van der Waals surface area contributed by atoms with E-state index in [9.17, 15) is 4.79 Å². The molecular weight excluding hydrogens is 304 g/mol. The number of halogens is 1. The second-order valence-electron chi connectivity index (χ2n) is 5.58. The van der Waals surface area contributed by atoms with E-state index in [-0.39, 0.29) is 24.4 Å². The van der Waals surface area contributed by atoms with E-state index < -0.39 is 0 Å². The Morgan fingerprint density at radius 1 is 1.41 bits per heavy atom. The molecular formula is C14H21ClN6O.